The van der Waals surface area contributed by atoms with Gasteiger partial charge in [-0.1, -0.05) is 36.0 Å². The van der Waals surface area contributed by atoms with E-state index in [1.54, 1.807) is 26.0 Å². The van der Waals surface area contributed by atoms with Gasteiger partial charge < -0.3 is 9.47 Å². The lowest BCUT2D eigenvalue weighted by Crippen LogP contribution is -1.96. The first-order valence-electron chi connectivity index (χ1n) is 11.1. The molecule has 0 aromatic heterocycles. The summed E-state index contributed by atoms with van der Waals surface area (Å²) in [5.41, 5.74) is 5.87. The molecule has 172 valence electrons. The van der Waals surface area contributed by atoms with Crippen LogP contribution < -0.4 is 9.47 Å². The number of nitrogens with zero attached hydrogens (tertiary/aromatic N) is 2. The summed E-state index contributed by atoms with van der Waals surface area (Å²) >= 11 is 1.72. The van der Waals surface area contributed by atoms with Crippen molar-refractivity contribution >= 4 is 11.8 Å². The zero-order valence-corrected chi connectivity index (χ0v) is 20.4. The smallest absolute Gasteiger partial charge is 0.119 e. The number of ether oxygens (including phenoxy) is 2. The topological polar surface area (TPSA) is 66.0 Å². The van der Waals surface area contributed by atoms with Crippen LogP contribution in [0, 0.1) is 22.7 Å². The van der Waals surface area contributed by atoms with Crippen LogP contribution >= 0.6 is 11.8 Å². The molecule has 0 spiro atoms. The first kappa shape index (κ1) is 24.0. The summed E-state index contributed by atoms with van der Waals surface area (Å²) in [6.45, 7) is 0. The lowest BCUT2D eigenvalue weighted by Gasteiger charge is -2.15. The van der Waals surface area contributed by atoms with Crippen molar-refractivity contribution < 1.29 is 9.47 Å². The fourth-order valence-electron chi connectivity index (χ4n) is 3.79. The van der Waals surface area contributed by atoms with Crippen molar-refractivity contribution in [3.05, 3.63) is 118 Å². The predicted octanol–water partition coefficient (Wildman–Crippen LogP) is 6.78. The number of benzene rings is 4. The predicted molar refractivity (Wildman–Crippen MR) is 138 cm³/mol. The van der Waals surface area contributed by atoms with Gasteiger partial charge in [0.25, 0.3) is 0 Å². The van der Waals surface area contributed by atoms with E-state index in [-0.39, 0.29) is 0 Å². The normalized spacial score (nSPS) is 10.3. The van der Waals surface area contributed by atoms with Gasteiger partial charge in [0.05, 0.1) is 37.5 Å². The van der Waals surface area contributed by atoms with Gasteiger partial charge in [-0.2, -0.15) is 10.5 Å². The molecular weight excluding hydrogens is 452 g/mol. The third-order valence-corrected chi connectivity index (χ3v) is 6.95. The molecule has 0 aliphatic rings. The molecular formula is C30H24N2O2S. The molecule has 0 atom stereocenters. The Morgan fingerprint density at radius 2 is 1.00 bits per heavy atom. The van der Waals surface area contributed by atoms with Crippen molar-refractivity contribution in [1.29, 1.82) is 10.5 Å². The number of hydrogen-bond donors (Lipinski definition) is 0. The van der Waals surface area contributed by atoms with Crippen molar-refractivity contribution in [2.75, 3.05) is 14.2 Å². The fourth-order valence-corrected chi connectivity index (χ4v) is 4.83. The Hall–Kier alpha value is -4.19. The lowest BCUT2D eigenvalue weighted by atomic mass is 10.0. The van der Waals surface area contributed by atoms with Gasteiger partial charge in [-0.05, 0) is 95.8 Å². The highest BCUT2D eigenvalue weighted by Gasteiger charge is 2.12. The van der Waals surface area contributed by atoms with Crippen LogP contribution in [0.15, 0.2) is 94.7 Å². The van der Waals surface area contributed by atoms with Crippen LogP contribution in [0.3, 0.4) is 0 Å². The summed E-state index contributed by atoms with van der Waals surface area (Å²) in [6.07, 6.45) is 1.46. The molecule has 4 aromatic rings. The first-order chi connectivity index (χ1) is 17.1. The highest BCUT2D eigenvalue weighted by atomic mass is 32.2. The molecule has 0 heterocycles. The SMILES string of the molecule is COc1ccc(Sc2ccc(OC)cc2Cc2ccc(C#N)cc2)c(Cc2ccc(C#N)cc2)c1. The van der Waals surface area contributed by atoms with E-state index in [4.69, 9.17) is 20.0 Å². The Balaban J connectivity index is 1.66. The van der Waals surface area contributed by atoms with E-state index in [1.165, 1.54) is 0 Å². The van der Waals surface area contributed by atoms with Crippen molar-refractivity contribution in [2.45, 2.75) is 22.6 Å². The van der Waals surface area contributed by atoms with E-state index in [2.05, 4.69) is 36.4 Å². The lowest BCUT2D eigenvalue weighted by molar-refractivity contribution is 0.414. The average molecular weight is 477 g/mol. The van der Waals surface area contributed by atoms with Gasteiger partial charge in [-0.15, -0.1) is 0 Å². The maximum Gasteiger partial charge on any atom is 0.119 e. The van der Waals surface area contributed by atoms with Crippen LogP contribution in [0.5, 0.6) is 11.5 Å². The molecule has 4 aromatic carbocycles. The summed E-state index contributed by atoms with van der Waals surface area (Å²) in [6, 6.07) is 32.0. The maximum absolute atomic E-state index is 9.10. The quantitative estimate of drug-likeness (QED) is 0.280. The maximum atomic E-state index is 9.10. The van der Waals surface area contributed by atoms with Gasteiger partial charge in [0, 0.05) is 9.79 Å². The Bertz CT molecular complexity index is 1290. The van der Waals surface area contributed by atoms with Gasteiger partial charge >= 0.3 is 0 Å². The largest absolute Gasteiger partial charge is 0.497 e. The molecule has 0 N–H and O–H groups in total. The summed E-state index contributed by atoms with van der Waals surface area (Å²) in [5.74, 6) is 1.62. The zero-order valence-electron chi connectivity index (χ0n) is 19.6. The number of rotatable bonds is 8. The van der Waals surface area contributed by atoms with Gasteiger partial charge in [0.15, 0.2) is 0 Å². The van der Waals surface area contributed by atoms with E-state index < -0.39 is 0 Å². The molecule has 0 unspecified atom stereocenters. The Morgan fingerprint density at radius 3 is 1.34 bits per heavy atom. The molecule has 0 saturated heterocycles. The van der Waals surface area contributed by atoms with Crippen molar-refractivity contribution in [3.63, 3.8) is 0 Å². The Labute approximate surface area is 210 Å². The second-order valence-corrected chi connectivity index (χ2v) is 9.10. The van der Waals surface area contributed by atoms with E-state index in [1.807, 2.05) is 60.7 Å². The molecule has 0 fully saturated rings. The Kier molecular flexibility index (Phi) is 7.73. The van der Waals surface area contributed by atoms with E-state index in [0.29, 0.717) is 11.1 Å². The van der Waals surface area contributed by atoms with Crippen LogP contribution in [0.1, 0.15) is 33.4 Å². The number of nitriles is 2. The second kappa shape index (κ2) is 11.3. The minimum absolute atomic E-state index is 0.652. The summed E-state index contributed by atoms with van der Waals surface area (Å²) < 4.78 is 11.0. The molecule has 5 heteroatoms. The average Bonchev–Trinajstić information content (AvgIpc) is 2.91. The molecule has 35 heavy (non-hydrogen) atoms. The fraction of sp³-hybridized carbons (Fsp3) is 0.133. The molecule has 0 aliphatic heterocycles. The number of methoxy groups -OCH3 is 2. The van der Waals surface area contributed by atoms with E-state index in [0.717, 1.165) is 56.4 Å². The van der Waals surface area contributed by atoms with Crippen LogP contribution in [-0.4, -0.2) is 14.2 Å². The molecule has 0 saturated carbocycles. The van der Waals surface area contributed by atoms with Crippen LogP contribution in [0.4, 0.5) is 0 Å². The standard InChI is InChI=1S/C30H24N2O2S/c1-33-27-11-13-29(25(17-27)15-21-3-7-23(19-31)8-4-21)35-30-14-12-28(34-2)18-26(30)16-22-5-9-24(20-32)10-6-22/h3-14,17-18H,15-16H2,1-2H3. The summed E-state index contributed by atoms with van der Waals surface area (Å²) in [4.78, 5) is 2.28. The highest BCUT2D eigenvalue weighted by molar-refractivity contribution is 7.99. The minimum atomic E-state index is 0.652. The summed E-state index contributed by atoms with van der Waals surface area (Å²) in [5, 5.41) is 18.2. The molecule has 4 nitrogen and oxygen atoms in total. The molecule has 0 bridgehead atoms. The minimum Gasteiger partial charge on any atom is -0.497 e. The van der Waals surface area contributed by atoms with Crippen molar-refractivity contribution in [2.24, 2.45) is 0 Å². The summed E-state index contributed by atoms with van der Waals surface area (Å²) in [7, 11) is 3.35. The van der Waals surface area contributed by atoms with E-state index in [9.17, 15) is 0 Å². The highest BCUT2D eigenvalue weighted by Crippen LogP contribution is 2.37. The first-order valence-corrected chi connectivity index (χ1v) is 11.9. The Morgan fingerprint density at radius 1 is 0.600 bits per heavy atom. The number of hydrogen-bond acceptors (Lipinski definition) is 5. The van der Waals surface area contributed by atoms with Gasteiger partial charge in [0.1, 0.15) is 11.5 Å². The van der Waals surface area contributed by atoms with Crippen molar-refractivity contribution in [3.8, 4) is 23.6 Å². The second-order valence-electron chi connectivity index (χ2n) is 8.02. The van der Waals surface area contributed by atoms with Gasteiger partial charge in [-0.25, -0.2) is 0 Å². The van der Waals surface area contributed by atoms with Crippen molar-refractivity contribution in [1.82, 2.24) is 0 Å². The van der Waals surface area contributed by atoms with Gasteiger partial charge in [0.2, 0.25) is 0 Å². The van der Waals surface area contributed by atoms with Crippen LogP contribution in [0.25, 0.3) is 0 Å². The molecule has 0 radical (unpaired) electrons. The zero-order chi connectivity index (χ0) is 24.6. The monoisotopic (exact) mass is 476 g/mol. The third-order valence-electron chi connectivity index (χ3n) is 5.71. The van der Waals surface area contributed by atoms with Crippen LogP contribution in [0.2, 0.25) is 0 Å². The molecule has 0 amide bonds. The molecule has 4 rings (SSSR count). The van der Waals surface area contributed by atoms with Gasteiger partial charge in [-0.3, -0.25) is 0 Å². The third kappa shape index (κ3) is 6.03. The van der Waals surface area contributed by atoms with Crippen LogP contribution in [-0.2, 0) is 12.8 Å². The van der Waals surface area contributed by atoms with E-state index >= 15 is 0 Å². The molecule has 0 aliphatic carbocycles.